The van der Waals surface area contributed by atoms with Crippen molar-refractivity contribution in [3.8, 4) is 0 Å². The molecular formula is C19H24N2O8S. The number of benzene rings is 1. The second-order valence-electron chi connectivity index (χ2n) is 6.58. The maximum absolute atomic E-state index is 12.6. The fourth-order valence-electron chi connectivity index (χ4n) is 3.03. The number of Topliss-reactive ketones (excluding diaryl/α,β-unsaturated/α-hetero) is 1. The van der Waals surface area contributed by atoms with E-state index in [0.29, 0.717) is 30.7 Å². The minimum absolute atomic E-state index is 0.0531. The van der Waals surface area contributed by atoms with Gasteiger partial charge in [-0.1, -0.05) is 12.1 Å². The van der Waals surface area contributed by atoms with Gasteiger partial charge in [-0.25, -0.2) is 18.0 Å². The number of rotatable bonds is 6. The van der Waals surface area contributed by atoms with E-state index in [1.165, 1.54) is 10.4 Å². The Morgan fingerprint density at radius 3 is 2.23 bits per heavy atom. The number of carbonyl (C=O) groups excluding carboxylic acids is 1. The second-order valence-corrected chi connectivity index (χ2v) is 8.48. The van der Waals surface area contributed by atoms with Gasteiger partial charge in [0.1, 0.15) is 0 Å². The Hall–Kier alpha value is -2.60. The summed E-state index contributed by atoms with van der Waals surface area (Å²) in [6.07, 6.45) is 1.83. The van der Waals surface area contributed by atoms with Gasteiger partial charge in [0.15, 0.2) is 5.78 Å². The lowest BCUT2D eigenvalue weighted by atomic mass is 10.1. The Bertz CT molecular complexity index is 891. The SMILES string of the molecule is O=C(O)C=CC(=O)O.O=C1CN(CCCN2CCOCC2)S(=O)(=O)c2ccccc21. The molecule has 0 amide bonds. The Morgan fingerprint density at radius 1 is 1.03 bits per heavy atom. The summed E-state index contributed by atoms with van der Waals surface area (Å²) in [4.78, 5) is 33.6. The van der Waals surface area contributed by atoms with E-state index in [1.54, 1.807) is 18.2 Å². The van der Waals surface area contributed by atoms with Gasteiger partial charge in [0.25, 0.3) is 0 Å². The van der Waals surface area contributed by atoms with Crippen molar-refractivity contribution in [1.82, 2.24) is 9.21 Å². The van der Waals surface area contributed by atoms with Crippen LogP contribution in [0.5, 0.6) is 0 Å². The first-order valence-corrected chi connectivity index (χ1v) is 10.7. The van der Waals surface area contributed by atoms with Gasteiger partial charge >= 0.3 is 11.9 Å². The van der Waals surface area contributed by atoms with Crippen LogP contribution in [0.15, 0.2) is 41.3 Å². The molecule has 1 aromatic carbocycles. The summed E-state index contributed by atoms with van der Waals surface area (Å²) < 4.78 is 31.7. The third kappa shape index (κ3) is 6.73. The number of ether oxygens (including phenoxy) is 1. The van der Waals surface area contributed by atoms with E-state index >= 15 is 0 Å². The number of ketones is 1. The molecule has 2 heterocycles. The van der Waals surface area contributed by atoms with Crippen molar-refractivity contribution in [3.63, 3.8) is 0 Å². The summed E-state index contributed by atoms with van der Waals surface area (Å²) in [5.74, 6) is -2.64. The minimum atomic E-state index is -3.55. The molecule has 0 aliphatic carbocycles. The average molecular weight is 440 g/mol. The number of hydrogen-bond donors (Lipinski definition) is 2. The van der Waals surface area contributed by atoms with Crippen molar-refractivity contribution in [2.45, 2.75) is 11.3 Å². The van der Waals surface area contributed by atoms with E-state index in [0.717, 1.165) is 32.8 Å². The summed E-state index contributed by atoms with van der Waals surface area (Å²) in [6, 6.07) is 6.44. The van der Waals surface area contributed by atoms with E-state index in [1.807, 2.05) is 0 Å². The van der Waals surface area contributed by atoms with Crippen molar-refractivity contribution < 1.29 is 37.8 Å². The number of fused-ring (bicyclic) bond motifs is 1. The van der Waals surface area contributed by atoms with Crippen molar-refractivity contribution in [1.29, 1.82) is 0 Å². The number of aliphatic carboxylic acids is 2. The maximum atomic E-state index is 12.6. The Balaban J connectivity index is 0.000000343. The molecule has 1 fully saturated rings. The van der Waals surface area contributed by atoms with Crippen LogP contribution in [0.3, 0.4) is 0 Å². The highest BCUT2D eigenvalue weighted by Gasteiger charge is 2.35. The number of morpholine rings is 1. The highest BCUT2D eigenvalue weighted by atomic mass is 32.2. The van der Waals surface area contributed by atoms with E-state index in [2.05, 4.69) is 4.90 Å². The van der Waals surface area contributed by atoms with Crippen LogP contribution < -0.4 is 0 Å². The Kier molecular flexibility index (Phi) is 8.66. The zero-order chi connectivity index (χ0) is 22.1. The van der Waals surface area contributed by atoms with Gasteiger partial charge in [-0.3, -0.25) is 9.69 Å². The predicted molar refractivity (Wildman–Crippen MR) is 106 cm³/mol. The van der Waals surface area contributed by atoms with Crippen LogP contribution in [0.25, 0.3) is 0 Å². The molecule has 164 valence electrons. The molecule has 0 saturated carbocycles. The molecule has 30 heavy (non-hydrogen) atoms. The monoisotopic (exact) mass is 440 g/mol. The Morgan fingerprint density at radius 2 is 1.63 bits per heavy atom. The van der Waals surface area contributed by atoms with Crippen LogP contribution in [-0.4, -0.2) is 91.5 Å². The fourth-order valence-corrected chi connectivity index (χ4v) is 4.67. The zero-order valence-electron chi connectivity index (χ0n) is 16.3. The fraction of sp³-hybridized carbons (Fsp3) is 0.421. The largest absolute Gasteiger partial charge is 0.478 e. The normalized spacial score (nSPS) is 19.0. The first-order chi connectivity index (χ1) is 14.2. The molecule has 2 aliphatic heterocycles. The molecule has 10 nitrogen and oxygen atoms in total. The van der Waals surface area contributed by atoms with Gasteiger partial charge in [-0.2, -0.15) is 4.31 Å². The molecule has 0 bridgehead atoms. The van der Waals surface area contributed by atoms with Gasteiger partial charge < -0.3 is 14.9 Å². The van der Waals surface area contributed by atoms with Crippen LogP contribution in [0.2, 0.25) is 0 Å². The van der Waals surface area contributed by atoms with Crippen LogP contribution in [0, 0.1) is 0 Å². The van der Waals surface area contributed by atoms with Gasteiger partial charge in [-0.15, -0.1) is 0 Å². The second kappa shape index (κ2) is 11.0. The number of nitrogens with zero attached hydrogens (tertiary/aromatic N) is 2. The van der Waals surface area contributed by atoms with Crippen molar-refractivity contribution >= 4 is 27.7 Å². The van der Waals surface area contributed by atoms with Crippen LogP contribution in [-0.2, 0) is 24.3 Å². The van der Waals surface area contributed by atoms with Gasteiger partial charge in [-0.05, 0) is 25.1 Å². The third-order valence-electron chi connectivity index (χ3n) is 4.48. The lowest BCUT2D eigenvalue weighted by molar-refractivity contribution is -0.134. The van der Waals surface area contributed by atoms with E-state index in [-0.39, 0.29) is 17.2 Å². The van der Waals surface area contributed by atoms with E-state index in [9.17, 15) is 22.8 Å². The van der Waals surface area contributed by atoms with Crippen molar-refractivity contribution in [2.75, 3.05) is 45.9 Å². The molecule has 11 heteroatoms. The topological polar surface area (TPSA) is 142 Å². The standard InChI is InChI=1S/C15H20N2O4S.C4H4O4/c18-14-12-17(7-3-6-16-8-10-21-11-9-16)22(19,20)15-5-2-1-4-13(14)15;5-3(6)1-2-4(7)8/h1-2,4-5H,3,6-12H2;1-2H,(H,5,6)(H,7,8). The first kappa shape index (κ1) is 23.7. The van der Waals surface area contributed by atoms with E-state index < -0.39 is 22.0 Å². The molecular weight excluding hydrogens is 416 g/mol. The molecule has 1 aromatic rings. The molecule has 0 spiro atoms. The van der Waals surface area contributed by atoms with Gasteiger partial charge in [0, 0.05) is 37.3 Å². The first-order valence-electron chi connectivity index (χ1n) is 9.28. The van der Waals surface area contributed by atoms with Crippen molar-refractivity contribution in [3.05, 3.63) is 42.0 Å². The van der Waals surface area contributed by atoms with Crippen molar-refractivity contribution in [2.24, 2.45) is 0 Å². The number of sulfonamides is 1. The summed E-state index contributed by atoms with van der Waals surface area (Å²) >= 11 is 0. The summed E-state index contributed by atoms with van der Waals surface area (Å²) in [5, 5.41) is 15.6. The Labute approximate surface area is 174 Å². The highest BCUT2D eigenvalue weighted by Crippen LogP contribution is 2.26. The lowest BCUT2D eigenvalue weighted by Gasteiger charge is -2.29. The third-order valence-corrected chi connectivity index (χ3v) is 6.38. The average Bonchev–Trinajstić information content (AvgIpc) is 2.72. The molecule has 0 atom stereocenters. The summed E-state index contributed by atoms with van der Waals surface area (Å²) in [7, 11) is -3.55. The molecule has 2 N–H and O–H groups in total. The van der Waals surface area contributed by atoms with Gasteiger partial charge in [0.05, 0.1) is 24.7 Å². The van der Waals surface area contributed by atoms with Crippen LogP contribution in [0.4, 0.5) is 0 Å². The lowest BCUT2D eigenvalue weighted by Crippen LogP contribution is -2.43. The molecule has 0 unspecified atom stereocenters. The summed E-state index contributed by atoms with van der Waals surface area (Å²) in [5.41, 5.74) is 0.312. The smallest absolute Gasteiger partial charge is 0.328 e. The molecule has 0 radical (unpaired) electrons. The predicted octanol–water partition coefficient (Wildman–Crippen LogP) is 0.308. The van der Waals surface area contributed by atoms with E-state index in [4.69, 9.17) is 14.9 Å². The number of carboxylic acids is 2. The number of carbonyl (C=O) groups is 3. The molecule has 1 saturated heterocycles. The minimum Gasteiger partial charge on any atom is -0.478 e. The zero-order valence-corrected chi connectivity index (χ0v) is 17.1. The molecule has 3 rings (SSSR count). The number of carboxylic acid groups (broad SMARTS) is 2. The summed E-state index contributed by atoms with van der Waals surface area (Å²) in [6.45, 7) is 4.37. The maximum Gasteiger partial charge on any atom is 0.328 e. The highest BCUT2D eigenvalue weighted by molar-refractivity contribution is 7.89. The van der Waals surface area contributed by atoms with Crippen LogP contribution in [0.1, 0.15) is 16.8 Å². The molecule has 0 aromatic heterocycles. The molecule has 2 aliphatic rings. The van der Waals surface area contributed by atoms with Crippen LogP contribution >= 0.6 is 0 Å². The number of hydrogen-bond acceptors (Lipinski definition) is 7. The quantitative estimate of drug-likeness (QED) is 0.598. The van der Waals surface area contributed by atoms with Gasteiger partial charge in [0.2, 0.25) is 10.0 Å².